The van der Waals surface area contributed by atoms with Crippen molar-refractivity contribution >= 4 is 46.8 Å². The van der Waals surface area contributed by atoms with Crippen LogP contribution in [0.25, 0.3) is 22.8 Å². The molecule has 1 unspecified atom stereocenters. The van der Waals surface area contributed by atoms with Gasteiger partial charge in [0.2, 0.25) is 5.91 Å². The summed E-state index contributed by atoms with van der Waals surface area (Å²) in [5, 5.41) is 19.2. The number of H-pyrrole nitrogens is 1. The first-order chi connectivity index (χ1) is 23.8. The maximum Gasteiger partial charge on any atom is 0.332 e. The molecule has 0 saturated carbocycles. The van der Waals surface area contributed by atoms with Crippen LogP contribution in [0.15, 0.2) is 36.8 Å². The lowest BCUT2D eigenvalue weighted by Crippen LogP contribution is -2.41. The highest BCUT2D eigenvalue weighted by Crippen LogP contribution is 2.37. The number of aromatic nitrogens is 6. The Morgan fingerprint density at radius 3 is 2.69 bits per heavy atom. The summed E-state index contributed by atoms with van der Waals surface area (Å²) in [5.74, 6) is 1.14. The number of hydrogen-bond donors (Lipinski definition) is 2. The molecule has 0 radical (unpaired) electrons. The van der Waals surface area contributed by atoms with Gasteiger partial charge in [-0.1, -0.05) is 11.6 Å². The van der Waals surface area contributed by atoms with Crippen molar-refractivity contribution < 1.29 is 19.1 Å². The first kappa shape index (κ1) is 32.1. The number of rotatable bonds is 10. The standard InChI is InChI=1S/C33H32ClN11O4/c1-18-24(9-6-20(14-35)27(18)34)45-32(47)28-25(10-12-44(28)33(45)48)49-13-5-3-4-11-43-26(46)16-37-30-31(43)41-23(15-36-30)21-7-8-22(40-19(21)2)29-38-17-39-42-29/h6-9,15,17,25,28H,3-5,10-13,16H2,1-2H3,(H,36,37)(H,38,39,42)/t25?,28-/m0/s1. The molecule has 2 fully saturated rings. The van der Waals surface area contributed by atoms with Crippen LogP contribution in [0.3, 0.4) is 0 Å². The fraction of sp³-hybridized carbons (Fsp3) is 0.364. The van der Waals surface area contributed by atoms with E-state index in [0.29, 0.717) is 79.1 Å². The Morgan fingerprint density at radius 1 is 1.06 bits per heavy atom. The van der Waals surface area contributed by atoms with Crippen molar-refractivity contribution in [3.05, 3.63) is 58.6 Å². The molecule has 3 aliphatic heterocycles. The summed E-state index contributed by atoms with van der Waals surface area (Å²) < 4.78 is 6.15. The van der Waals surface area contributed by atoms with Crippen LogP contribution in [0.4, 0.5) is 22.1 Å². The summed E-state index contributed by atoms with van der Waals surface area (Å²) in [6, 6.07) is 7.73. The van der Waals surface area contributed by atoms with Crippen molar-refractivity contribution in [2.45, 2.75) is 51.7 Å². The van der Waals surface area contributed by atoms with Crippen LogP contribution in [0, 0.1) is 25.2 Å². The molecule has 2 saturated heterocycles. The molecule has 15 nitrogen and oxygen atoms in total. The molecule has 250 valence electrons. The number of amides is 4. The summed E-state index contributed by atoms with van der Waals surface area (Å²) in [6.45, 7) is 4.98. The highest BCUT2D eigenvalue weighted by Gasteiger charge is 2.53. The molecule has 49 heavy (non-hydrogen) atoms. The molecule has 6 heterocycles. The van der Waals surface area contributed by atoms with Gasteiger partial charge in [-0.15, -0.1) is 0 Å². The van der Waals surface area contributed by atoms with Crippen molar-refractivity contribution in [3.63, 3.8) is 0 Å². The number of urea groups is 1. The van der Waals surface area contributed by atoms with E-state index in [9.17, 15) is 19.6 Å². The number of aromatic amines is 1. The normalized spacial score (nSPS) is 18.5. The van der Waals surface area contributed by atoms with Crippen molar-refractivity contribution in [1.82, 2.24) is 35.0 Å². The monoisotopic (exact) mass is 681 g/mol. The topological polar surface area (TPSA) is 186 Å². The van der Waals surface area contributed by atoms with Gasteiger partial charge in [0.25, 0.3) is 5.91 Å². The first-order valence-electron chi connectivity index (χ1n) is 16.0. The van der Waals surface area contributed by atoms with Gasteiger partial charge in [0.1, 0.15) is 24.1 Å². The minimum absolute atomic E-state index is 0.0930. The average molecular weight is 682 g/mol. The summed E-state index contributed by atoms with van der Waals surface area (Å²) in [6.07, 6.45) is 5.42. The summed E-state index contributed by atoms with van der Waals surface area (Å²) in [4.78, 5) is 62.2. The van der Waals surface area contributed by atoms with Crippen LogP contribution < -0.4 is 15.1 Å². The third-order valence-corrected chi connectivity index (χ3v) is 9.55. The van der Waals surface area contributed by atoms with Crippen LogP contribution in [0.5, 0.6) is 0 Å². The first-order valence-corrected chi connectivity index (χ1v) is 16.3. The van der Waals surface area contributed by atoms with Gasteiger partial charge < -0.3 is 15.0 Å². The lowest BCUT2D eigenvalue weighted by Gasteiger charge is -2.28. The zero-order chi connectivity index (χ0) is 34.2. The molecule has 16 heteroatoms. The number of imide groups is 1. The highest BCUT2D eigenvalue weighted by atomic mass is 35.5. The Labute approximate surface area is 286 Å². The second-order valence-electron chi connectivity index (χ2n) is 12.0. The molecule has 1 aromatic carbocycles. The van der Waals surface area contributed by atoms with Crippen LogP contribution >= 0.6 is 11.6 Å². The lowest BCUT2D eigenvalue weighted by atomic mass is 10.1. The number of nitrogens with zero attached hydrogens (tertiary/aromatic N) is 9. The number of carbonyl (C=O) groups is 3. The molecule has 3 aliphatic rings. The van der Waals surface area contributed by atoms with Gasteiger partial charge in [0, 0.05) is 31.0 Å². The van der Waals surface area contributed by atoms with E-state index in [0.717, 1.165) is 22.6 Å². The number of unbranched alkanes of at least 4 members (excludes halogenated alkanes) is 2. The molecule has 4 amide bonds. The number of benzene rings is 1. The van der Waals surface area contributed by atoms with Crippen LogP contribution in [0.2, 0.25) is 5.02 Å². The third kappa shape index (κ3) is 5.83. The number of carbonyl (C=O) groups excluding carboxylic acids is 3. The number of fused-ring (bicyclic) bond motifs is 2. The van der Waals surface area contributed by atoms with Gasteiger partial charge >= 0.3 is 6.03 Å². The molecular formula is C33H32ClN11O4. The average Bonchev–Trinajstić information content (AvgIpc) is 3.84. The van der Waals surface area contributed by atoms with E-state index in [-0.39, 0.29) is 28.9 Å². The zero-order valence-electron chi connectivity index (χ0n) is 26.8. The van der Waals surface area contributed by atoms with Gasteiger partial charge in [0.05, 0.1) is 40.8 Å². The zero-order valence-corrected chi connectivity index (χ0v) is 27.6. The van der Waals surface area contributed by atoms with Crippen molar-refractivity contribution in [2.75, 3.05) is 41.4 Å². The van der Waals surface area contributed by atoms with Gasteiger partial charge in [-0.25, -0.2) is 29.6 Å². The fourth-order valence-corrected chi connectivity index (χ4v) is 6.73. The van der Waals surface area contributed by atoms with Crippen LogP contribution in [-0.4, -0.2) is 91.3 Å². The molecular weight excluding hydrogens is 650 g/mol. The molecule has 2 N–H and O–H groups in total. The fourth-order valence-electron chi connectivity index (χ4n) is 6.53. The molecule has 3 aromatic heterocycles. The highest BCUT2D eigenvalue weighted by molar-refractivity contribution is 6.33. The number of hydrogen-bond acceptors (Lipinski definition) is 11. The Hall–Kier alpha value is -5.46. The number of aryl methyl sites for hydroxylation is 1. The SMILES string of the molecule is Cc1nc(-c2ncn[nH]2)ccc1-c1cnc2c(n1)N(CCCCCOC1CCN3C(=O)N(c4ccc(C#N)c(Cl)c4C)C(=O)[C@H]13)C(=O)CN2. The Kier molecular flexibility index (Phi) is 8.66. The second kappa shape index (κ2) is 13.2. The van der Waals surface area contributed by atoms with E-state index in [2.05, 4.69) is 30.5 Å². The Morgan fingerprint density at radius 2 is 1.92 bits per heavy atom. The van der Waals surface area contributed by atoms with Crippen molar-refractivity contribution in [3.8, 4) is 28.8 Å². The minimum atomic E-state index is -0.707. The number of nitriles is 1. The van der Waals surface area contributed by atoms with E-state index in [1.54, 1.807) is 29.0 Å². The number of ether oxygens (including phenoxy) is 1. The van der Waals surface area contributed by atoms with Crippen molar-refractivity contribution in [2.24, 2.45) is 0 Å². The van der Waals surface area contributed by atoms with Crippen molar-refractivity contribution in [1.29, 1.82) is 5.26 Å². The molecule has 0 aliphatic carbocycles. The number of anilines is 3. The quantitative estimate of drug-likeness (QED) is 0.182. The molecule has 4 aromatic rings. The van der Waals surface area contributed by atoms with Gasteiger partial charge in [-0.2, -0.15) is 10.4 Å². The van der Waals surface area contributed by atoms with Crippen LogP contribution in [0.1, 0.15) is 42.5 Å². The van der Waals surface area contributed by atoms with Gasteiger partial charge in [-0.05, 0) is 69.4 Å². The van der Waals surface area contributed by atoms with Crippen LogP contribution in [-0.2, 0) is 14.3 Å². The molecule has 0 bridgehead atoms. The lowest BCUT2D eigenvalue weighted by molar-refractivity contribution is -0.122. The van der Waals surface area contributed by atoms with E-state index >= 15 is 0 Å². The van der Waals surface area contributed by atoms with Gasteiger partial charge in [-0.3, -0.25) is 19.6 Å². The predicted molar refractivity (Wildman–Crippen MR) is 179 cm³/mol. The van der Waals surface area contributed by atoms with E-state index in [4.69, 9.17) is 21.3 Å². The molecule has 0 spiro atoms. The van der Waals surface area contributed by atoms with E-state index < -0.39 is 18.2 Å². The molecule has 2 atom stereocenters. The second-order valence-corrected chi connectivity index (χ2v) is 12.4. The minimum Gasteiger partial charge on any atom is -0.375 e. The number of nitrogens with one attached hydrogen (secondary N) is 2. The molecule has 7 rings (SSSR count). The summed E-state index contributed by atoms with van der Waals surface area (Å²) >= 11 is 6.32. The number of halogens is 1. The predicted octanol–water partition coefficient (Wildman–Crippen LogP) is 4.02. The number of pyridine rings is 1. The largest absolute Gasteiger partial charge is 0.375 e. The third-order valence-electron chi connectivity index (χ3n) is 9.07. The summed E-state index contributed by atoms with van der Waals surface area (Å²) in [7, 11) is 0. The van der Waals surface area contributed by atoms with E-state index in [1.165, 1.54) is 12.4 Å². The summed E-state index contributed by atoms with van der Waals surface area (Å²) in [5.41, 5.74) is 3.95. The smallest absolute Gasteiger partial charge is 0.332 e. The van der Waals surface area contributed by atoms with Gasteiger partial charge in [0.15, 0.2) is 17.5 Å². The Bertz CT molecular complexity index is 2000. The maximum atomic E-state index is 13.5. The maximum absolute atomic E-state index is 13.5. The van der Waals surface area contributed by atoms with E-state index in [1.807, 2.05) is 25.1 Å². The Balaban J connectivity index is 0.945.